The Kier molecular flexibility index (Phi) is 2.33. The van der Waals surface area contributed by atoms with Crippen LogP contribution >= 0.6 is 0 Å². The van der Waals surface area contributed by atoms with Gasteiger partial charge in [-0.3, -0.25) is 0 Å². The number of fused-ring (bicyclic) bond motifs is 1. The van der Waals surface area contributed by atoms with Crippen molar-refractivity contribution in [2.45, 2.75) is 20.4 Å². The molecule has 5 heteroatoms. The van der Waals surface area contributed by atoms with E-state index in [9.17, 15) is 5.21 Å². The van der Waals surface area contributed by atoms with Crippen molar-refractivity contribution in [1.82, 2.24) is 14.5 Å². The predicted octanol–water partition coefficient (Wildman–Crippen LogP) is 1.66. The highest BCUT2D eigenvalue weighted by Gasteiger charge is 2.13. The van der Waals surface area contributed by atoms with E-state index in [0.29, 0.717) is 6.54 Å². The summed E-state index contributed by atoms with van der Waals surface area (Å²) >= 11 is 0. The van der Waals surface area contributed by atoms with Gasteiger partial charge in [0.2, 0.25) is 6.33 Å². The average Bonchev–Trinajstić information content (AvgIpc) is 2.87. The number of aromatic nitrogens is 4. The second-order valence-corrected chi connectivity index (χ2v) is 4.44. The molecule has 2 heterocycles. The molecule has 0 aliphatic rings. The lowest BCUT2D eigenvalue weighted by atomic mass is 10.3. The molecule has 0 unspecified atom stereocenters. The Morgan fingerprint density at radius 3 is 2.78 bits per heavy atom. The number of nitrogens with one attached hydrogen (secondary N) is 1. The molecule has 3 aromatic rings. The van der Waals surface area contributed by atoms with Crippen molar-refractivity contribution in [2.24, 2.45) is 0 Å². The quantitative estimate of drug-likeness (QED) is 0.549. The number of aromatic amines is 1. The summed E-state index contributed by atoms with van der Waals surface area (Å²) in [5, 5.41) is 11.5. The van der Waals surface area contributed by atoms with Crippen LogP contribution in [0.5, 0.6) is 0 Å². The summed E-state index contributed by atoms with van der Waals surface area (Å²) in [5.41, 5.74) is 3.66. The molecule has 0 saturated heterocycles. The van der Waals surface area contributed by atoms with Crippen molar-refractivity contribution < 1.29 is 4.73 Å². The summed E-state index contributed by atoms with van der Waals surface area (Å²) in [6.07, 6.45) is 1.55. The van der Waals surface area contributed by atoms with E-state index in [-0.39, 0.29) is 0 Å². The molecular formula is C13H14N4O. The summed E-state index contributed by atoms with van der Waals surface area (Å²) in [4.78, 5) is 7.76. The number of benzene rings is 1. The van der Waals surface area contributed by atoms with Gasteiger partial charge in [-0.15, -0.1) is 0 Å². The van der Waals surface area contributed by atoms with E-state index in [1.54, 1.807) is 6.33 Å². The minimum atomic E-state index is 0.580. The maximum atomic E-state index is 11.5. The molecule has 18 heavy (non-hydrogen) atoms. The molecule has 2 aromatic heterocycles. The van der Waals surface area contributed by atoms with Gasteiger partial charge in [0.1, 0.15) is 23.8 Å². The van der Waals surface area contributed by atoms with Crippen LogP contribution in [0.25, 0.3) is 11.0 Å². The molecule has 0 amide bonds. The van der Waals surface area contributed by atoms with Crippen molar-refractivity contribution in [3.05, 3.63) is 53.0 Å². The van der Waals surface area contributed by atoms with Gasteiger partial charge in [-0.1, -0.05) is 12.1 Å². The van der Waals surface area contributed by atoms with E-state index in [4.69, 9.17) is 0 Å². The van der Waals surface area contributed by atoms with Crippen LogP contribution in [0.2, 0.25) is 0 Å². The van der Waals surface area contributed by atoms with Crippen molar-refractivity contribution in [3.8, 4) is 0 Å². The Hall–Kier alpha value is -2.30. The molecule has 0 atom stereocenters. The van der Waals surface area contributed by atoms with Crippen molar-refractivity contribution in [2.75, 3.05) is 0 Å². The normalized spacial score (nSPS) is 11.2. The molecule has 92 valence electrons. The van der Waals surface area contributed by atoms with Crippen LogP contribution in [-0.2, 0) is 6.54 Å². The van der Waals surface area contributed by atoms with Gasteiger partial charge in [-0.2, -0.15) is 0 Å². The van der Waals surface area contributed by atoms with Gasteiger partial charge < -0.3 is 10.2 Å². The number of para-hydroxylation sites is 2. The first-order valence-electron chi connectivity index (χ1n) is 5.84. The lowest BCUT2D eigenvalue weighted by molar-refractivity contribution is -0.611. The Balaban J connectivity index is 1.98. The fourth-order valence-electron chi connectivity index (χ4n) is 2.07. The second kappa shape index (κ2) is 3.87. The van der Waals surface area contributed by atoms with Crippen molar-refractivity contribution in [3.63, 3.8) is 0 Å². The Morgan fingerprint density at radius 1 is 1.33 bits per heavy atom. The van der Waals surface area contributed by atoms with Gasteiger partial charge in [-0.05, 0) is 12.1 Å². The first-order valence-corrected chi connectivity index (χ1v) is 5.84. The SMILES string of the molecule is Cc1c(C)[n+]([O-])cn1Cc1nc2ccccc2[nH]1. The van der Waals surface area contributed by atoms with Crippen molar-refractivity contribution >= 4 is 11.0 Å². The van der Waals surface area contributed by atoms with E-state index >= 15 is 0 Å². The smallest absolute Gasteiger partial charge is 0.247 e. The fourth-order valence-corrected chi connectivity index (χ4v) is 2.07. The van der Waals surface area contributed by atoms with E-state index < -0.39 is 0 Å². The largest absolute Gasteiger partial charge is 0.711 e. The zero-order chi connectivity index (χ0) is 12.7. The molecule has 0 fully saturated rings. The molecule has 5 nitrogen and oxygen atoms in total. The Labute approximate surface area is 104 Å². The Bertz CT molecular complexity index is 678. The van der Waals surface area contributed by atoms with Gasteiger partial charge in [0.25, 0.3) is 0 Å². The predicted molar refractivity (Wildman–Crippen MR) is 68.1 cm³/mol. The van der Waals surface area contributed by atoms with Gasteiger partial charge >= 0.3 is 0 Å². The van der Waals surface area contributed by atoms with Crippen LogP contribution in [-0.4, -0.2) is 14.5 Å². The molecule has 0 radical (unpaired) electrons. The summed E-state index contributed by atoms with van der Waals surface area (Å²) in [6, 6.07) is 7.90. The van der Waals surface area contributed by atoms with Crippen molar-refractivity contribution in [1.29, 1.82) is 0 Å². The topological polar surface area (TPSA) is 60.5 Å². The minimum Gasteiger partial charge on any atom is -0.711 e. The molecule has 1 N–H and O–H groups in total. The summed E-state index contributed by atoms with van der Waals surface area (Å²) in [6.45, 7) is 4.33. The molecule has 3 rings (SSSR count). The first kappa shape index (κ1) is 10.8. The number of imidazole rings is 2. The third-order valence-electron chi connectivity index (χ3n) is 3.29. The molecule has 0 aliphatic carbocycles. The van der Waals surface area contributed by atoms with E-state index in [0.717, 1.165) is 33.0 Å². The van der Waals surface area contributed by atoms with Gasteiger partial charge in [-0.25, -0.2) is 14.3 Å². The van der Waals surface area contributed by atoms with E-state index in [2.05, 4.69) is 9.97 Å². The van der Waals surface area contributed by atoms with Crippen LogP contribution in [0.4, 0.5) is 0 Å². The van der Waals surface area contributed by atoms with Gasteiger partial charge in [0.15, 0.2) is 0 Å². The monoisotopic (exact) mass is 242 g/mol. The maximum Gasteiger partial charge on any atom is 0.247 e. The molecular weight excluding hydrogens is 228 g/mol. The number of nitrogens with zero attached hydrogens (tertiary/aromatic N) is 3. The molecule has 0 spiro atoms. The van der Waals surface area contributed by atoms with Crippen LogP contribution in [0, 0.1) is 19.1 Å². The van der Waals surface area contributed by atoms with Crippen LogP contribution in [0.1, 0.15) is 17.2 Å². The third kappa shape index (κ3) is 1.64. The molecule has 0 bridgehead atoms. The molecule has 0 aliphatic heterocycles. The molecule has 1 aromatic carbocycles. The number of hydrogen-bond acceptors (Lipinski definition) is 2. The highest BCUT2D eigenvalue weighted by Crippen LogP contribution is 2.12. The lowest BCUT2D eigenvalue weighted by Crippen LogP contribution is -2.26. The second-order valence-electron chi connectivity index (χ2n) is 4.44. The number of hydrogen-bond donors (Lipinski definition) is 1. The minimum absolute atomic E-state index is 0.580. The number of rotatable bonds is 2. The Morgan fingerprint density at radius 2 is 2.11 bits per heavy atom. The van der Waals surface area contributed by atoms with Crippen LogP contribution in [0.3, 0.4) is 0 Å². The summed E-state index contributed by atoms with van der Waals surface area (Å²) in [7, 11) is 0. The van der Waals surface area contributed by atoms with Gasteiger partial charge in [0, 0.05) is 13.8 Å². The fraction of sp³-hybridized carbons (Fsp3) is 0.231. The standard InChI is InChI=1S/C13H14N4O/c1-9-10(2)17(18)8-16(9)7-13-14-11-5-3-4-6-12(11)15-13/h3-6,8H,7H2,1-2H3,(H,14,15). The summed E-state index contributed by atoms with van der Waals surface area (Å²) in [5.74, 6) is 0.856. The summed E-state index contributed by atoms with van der Waals surface area (Å²) < 4.78 is 2.79. The first-order chi connectivity index (χ1) is 8.65. The van der Waals surface area contributed by atoms with E-state index in [1.165, 1.54) is 0 Å². The number of H-pyrrole nitrogens is 1. The zero-order valence-electron chi connectivity index (χ0n) is 10.3. The van der Waals surface area contributed by atoms with E-state index in [1.807, 2.05) is 42.7 Å². The highest BCUT2D eigenvalue weighted by molar-refractivity contribution is 5.74. The lowest BCUT2D eigenvalue weighted by Gasteiger charge is -1.94. The van der Waals surface area contributed by atoms with Gasteiger partial charge in [0.05, 0.1) is 11.0 Å². The maximum absolute atomic E-state index is 11.5. The third-order valence-corrected chi connectivity index (χ3v) is 3.29. The average molecular weight is 242 g/mol. The molecule has 0 saturated carbocycles. The highest BCUT2D eigenvalue weighted by atomic mass is 16.5. The zero-order valence-corrected chi connectivity index (χ0v) is 10.3. The van der Waals surface area contributed by atoms with Crippen LogP contribution in [0.15, 0.2) is 30.6 Å². The van der Waals surface area contributed by atoms with Crippen LogP contribution < -0.4 is 4.73 Å².